The fourth-order valence-electron chi connectivity index (χ4n) is 1.91. The number of hydrogen-bond acceptors (Lipinski definition) is 3. The molecule has 3 rings (SSSR count). The second kappa shape index (κ2) is 6.05. The Morgan fingerprint density at radius 1 is 0.810 bits per heavy atom. The van der Waals surface area contributed by atoms with Gasteiger partial charge in [0.05, 0.1) is 0 Å². The fourth-order valence-corrected chi connectivity index (χ4v) is 1.91. The highest BCUT2D eigenvalue weighted by molar-refractivity contribution is 5.60. The molecule has 0 saturated heterocycles. The molecule has 0 radical (unpaired) electrons. The molecule has 0 fully saturated rings. The zero-order valence-electron chi connectivity index (χ0n) is 11.2. The molecule has 0 bridgehead atoms. The predicted octanol–water partition coefficient (Wildman–Crippen LogP) is 4.76. The third-order valence-electron chi connectivity index (χ3n) is 2.83. The number of rotatable bonds is 4. The molecule has 21 heavy (non-hydrogen) atoms. The lowest BCUT2D eigenvalue weighted by Crippen LogP contribution is -1.93. The summed E-state index contributed by atoms with van der Waals surface area (Å²) in [5, 5.41) is 3.11. The van der Waals surface area contributed by atoms with E-state index in [1.165, 1.54) is 12.3 Å². The van der Waals surface area contributed by atoms with E-state index in [-0.39, 0.29) is 0 Å². The Kier molecular flexibility index (Phi) is 3.78. The smallest absolute Gasteiger partial charge is 0.214 e. The Bertz CT molecular complexity index is 732. The highest BCUT2D eigenvalue weighted by Gasteiger charge is 2.00. The van der Waals surface area contributed by atoms with Gasteiger partial charge in [0.25, 0.3) is 0 Å². The number of ether oxygens (including phenoxy) is 1. The van der Waals surface area contributed by atoms with E-state index in [0.29, 0.717) is 11.4 Å². The molecule has 3 aromatic rings. The molecule has 1 heterocycles. The largest absolute Gasteiger partial charge is 0.457 e. The maximum absolute atomic E-state index is 13.1. The van der Waals surface area contributed by atoms with E-state index >= 15 is 0 Å². The molecule has 2 aromatic carbocycles. The van der Waals surface area contributed by atoms with E-state index in [9.17, 15) is 4.39 Å². The summed E-state index contributed by atoms with van der Waals surface area (Å²) >= 11 is 0. The lowest BCUT2D eigenvalue weighted by Gasteiger charge is -2.09. The number of pyridine rings is 1. The molecule has 1 N–H and O–H groups in total. The summed E-state index contributed by atoms with van der Waals surface area (Å²) in [5.41, 5.74) is 1.45. The van der Waals surface area contributed by atoms with Crippen LogP contribution in [0.15, 0.2) is 72.9 Å². The van der Waals surface area contributed by atoms with Crippen molar-refractivity contribution in [2.75, 3.05) is 5.32 Å². The number of para-hydroxylation sites is 1. The number of aromatic nitrogens is 1. The zero-order valence-corrected chi connectivity index (χ0v) is 11.2. The van der Waals surface area contributed by atoms with Crippen LogP contribution < -0.4 is 10.1 Å². The van der Waals surface area contributed by atoms with Crippen molar-refractivity contribution in [1.82, 2.24) is 4.98 Å². The van der Waals surface area contributed by atoms with Gasteiger partial charge in [0.2, 0.25) is 5.95 Å². The van der Waals surface area contributed by atoms with Gasteiger partial charge in [0.15, 0.2) is 0 Å². The molecule has 0 aliphatic rings. The molecule has 104 valence electrons. The highest BCUT2D eigenvalue weighted by atomic mass is 19.1. The molecule has 0 unspecified atom stereocenters. The second-order valence-corrected chi connectivity index (χ2v) is 4.44. The summed E-state index contributed by atoms with van der Waals surface area (Å²) in [6, 6.07) is 20.1. The predicted molar refractivity (Wildman–Crippen MR) is 80.4 cm³/mol. The van der Waals surface area contributed by atoms with Crippen molar-refractivity contribution in [2.24, 2.45) is 0 Å². The van der Waals surface area contributed by atoms with Crippen LogP contribution in [0.1, 0.15) is 0 Å². The molecule has 0 atom stereocenters. The minimum absolute atomic E-state index is 0.517. The number of halogens is 1. The lowest BCUT2D eigenvalue weighted by molar-refractivity contribution is 0.483. The molecular weight excluding hydrogens is 267 g/mol. The first-order valence-electron chi connectivity index (χ1n) is 6.51. The van der Waals surface area contributed by atoms with Crippen LogP contribution in [0.25, 0.3) is 0 Å². The van der Waals surface area contributed by atoms with E-state index in [1.807, 2.05) is 54.6 Å². The van der Waals surface area contributed by atoms with Gasteiger partial charge in [-0.2, -0.15) is 4.39 Å². The van der Waals surface area contributed by atoms with Gasteiger partial charge < -0.3 is 10.1 Å². The van der Waals surface area contributed by atoms with E-state index in [2.05, 4.69) is 10.3 Å². The van der Waals surface area contributed by atoms with Crippen molar-refractivity contribution in [3.05, 3.63) is 78.9 Å². The molecule has 0 saturated carbocycles. The van der Waals surface area contributed by atoms with Gasteiger partial charge in [-0.3, -0.25) is 0 Å². The quantitative estimate of drug-likeness (QED) is 0.700. The first kappa shape index (κ1) is 13.1. The summed E-state index contributed by atoms with van der Waals surface area (Å²) in [5.74, 6) is 0.960. The lowest BCUT2D eigenvalue weighted by atomic mass is 10.2. The van der Waals surface area contributed by atoms with Crippen LogP contribution in [-0.4, -0.2) is 4.98 Å². The Hall–Kier alpha value is -2.88. The van der Waals surface area contributed by atoms with E-state index in [4.69, 9.17) is 4.74 Å². The van der Waals surface area contributed by atoms with Crippen LogP contribution in [0.5, 0.6) is 11.5 Å². The third kappa shape index (κ3) is 3.57. The average molecular weight is 280 g/mol. The van der Waals surface area contributed by atoms with Crippen LogP contribution in [-0.2, 0) is 0 Å². The van der Waals surface area contributed by atoms with Gasteiger partial charge in [-0.05, 0) is 30.3 Å². The van der Waals surface area contributed by atoms with Crippen molar-refractivity contribution in [2.45, 2.75) is 0 Å². The van der Waals surface area contributed by atoms with Crippen molar-refractivity contribution in [3.8, 4) is 11.5 Å². The SMILES string of the molecule is Fc1cc(Nc2cccc(Oc3ccccc3)c2)ccn1. The highest BCUT2D eigenvalue weighted by Crippen LogP contribution is 2.25. The molecule has 1 aromatic heterocycles. The zero-order chi connectivity index (χ0) is 14.5. The van der Waals surface area contributed by atoms with Crippen LogP contribution >= 0.6 is 0 Å². The van der Waals surface area contributed by atoms with Crippen LogP contribution in [0.3, 0.4) is 0 Å². The van der Waals surface area contributed by atoms with E-state index in [1.54, 1.807) is 6.07 Å². The van der Waals surface area contributed by atoms with Crippen LogP contribution in [0, 0.1) is 5.95 Å². The number of hydrogen-bond donors (Lipinski definition) is 1. The summed E-state index contributed by atoms with van der Waals surface area (Å²) in [7, 11) is 0. The van der Waals surface area contributed by atoms with Gasteiger partial charge >= 0.3 is 0 Å². The van der Waals surface area contributed by atoms with Gasteiger partial charge in [0.1, 0.15) is 11.5 Å². The molecule has 0 spiro atoms. The van der Waals surface area contributed by atoms with E-state index < -0.39 is 5.95 Å². The van der Waals surface area contributed by atoms with Crippen molar-refractivity contribution in [1.29, 1.82) is 0 Å². The third-order valence-corrected chi connectivity index (χ3v) is 2.83. The number of benzene rings is 2. The summed E-state index contributed by atoms with van der Waals surface area (Å²) < 4.78 is 18.8. The number of anilines is 2. The first-order chi connectivity index (χ1) is 10.3. The molecule has 0 amide bonds. The molecule has 0 aliphatic heterocycles. The number of nitrogens with one attached hydrogen (secondary N) is 1. The van der Waals surface area contributed by atoms with Gasteiger partial charge in [-0.1, -0.05) is 24.3 Å². The summed E-state index contributed by atoms with van der Waals surface area (Å²) in [6.45, 7) is 0. The molecule has 3 nitrogen and oxygen atoms in total. The molecular formula is C17H13FN2O. The van der Waals surface area contributed by atoms with Crippen LogP contribution in [0.4, 0.5) is 15.8 Å². The fraction of sp³-hybridized carbons (Fsp3) is 0. The topological polar surface area (TPSA) is 34.1 Å². The Morgan fingerprint density at radius 2 is 1.57 bits per heavy atom. The summed E-state index contributed by atoms with van der Waals surface area (Å²) in [4.78, 5) is 3.52. The minimum atomic E-state index is -0.517. The normalized spacial score (nSPS) is 10.1. The van der Waals surface area contributed by atoms with Crippen molar-refractivity contribution < 1.29 is 9.13 Å². The maximum Gasteiger partial charge on any atom is 0.214 e. The van der Waals surface area contributed by atoms with E-state index in [0.717, 1.165) is 11.4 Å². The Labute approximate surface area is 122 Å². The second-order valence-electron chi connectivity index (χ2n) is 4.44. The summed E-state index contributed by atoms with van der Waals surface area (Å²) in [6.07, 6.45) is 1.42. The van der Waals surface area contributed by atoms with Gasteiger partial charge in [-0.15, -0.1) is 0 Å². The van der Waals surface area contributed by atoms with Crippen molar-refractivity contribution >= 4 is 11.4 Å². The standard InChI is InChI=1S/C17H13FN2O/c18-17-12-14(9-10-19-17)20-13-5-4-8-16(11-13)21-15-6-2-1-3-7-15/h1-12H,(H,19,20). The molecule has 0 aliphatic carbocycles. The van der Waals surface area contributed by atoms with Gasteiger partial charge in [-0.25, -0.2) is 4.98 Å². The first-order valence-corrected chi connectivity index (χ1v) is 6.51. The number of nitrogens with zero attached hydrogens (tertiary/aromatic N) is 1. The Morgan fingerprint density at radius 3 is 2.38 bits per heavy atom. The van der Waals surface area contributed by atoms with Gasteiger partial charge in [0, 0.05) is 29.7 Å². The molecule has 4 heteroatoms. The van der Waals surface area contributed by atoms with Crippen LogP contribution in [0.2, 0.25) is 0 Å². The maximum atomic E-state index is 13.1. The Balaban J connectivity index is 1.77. The monoisotopic (exact) mass is 280 g/mol. The minimum Gasteiger partial charge on any atom is -0.457 e. The van der Waals surface area contributed by atoms with Crippen molar-refractivity contribution in [3.63, 3.8) is 0 Å². The average Bonchev–Trinajstić information content (AvgIpc) is 2.49.